The molecule has 0 atom stereocenters. The zero-order valence-corrected chi connectivity index (χ0v) is 19.7. The van der Waals surface area contributed by atoms with Crippen LogP contribution < -0.4 is 10.2 Å². The quantitative estimate of drug-likeness (QED) is 0.388. The number of anilines is 1. The molecule has 0 saturated carbocycles. The summed E-state index contributed by atoms with van der Waals surface area (Å²) in [5.74, 6) is -0.623. The first-order valence-corrected chi connectivity index (χ1v) is 10.4. The maximum Gasteiger partial charge on any atom is 0.253 e. The molecule has 0 heterocycles. The number of aliphatic hydroxyl groups is 2. The summed E-state index contributed by atoms with van der Waals surface area (Å²) in [6.45, 7) is 1.57. The van der Waals surface area contributed by atoms with Crippen molar-refractivity contribution < 1.29 is 19.8 Å². The van der Waals surface area contributed by atoms with Gasteiger partial charge in [-0.05, 0) is 80.3 Å². The summed E-state index contributed by atoms with van der Waals surface area (Å²) in [6, 6.07) is 1.87. The molecule has 24 heavy (non-hydrogen) atoms. The molecule has 1 aromatic carbocycles. The predicted molar refractivity (Wildman–Crippen MR) is 118 cm³/mol. The zero-order chi connectivity index (χ0) is 18.4. The highest BCUT2D eigenvalue weighted by Crippen LogP contribution is 2.35. The fraction of sp³-hybridized carbons (Fsp3) is 0.467. The molecule has 0 spiro atoms. The zero-order valence-electron chi connectivity index (χ0n) is 13.3. The topological polar surface area (TPSA) is 89.9 Å². The lowest BCUT2D eigenvalue weighted by Crippen LogP contribution is -2.34. The Labute approximate surface area is 182 Å². The minimum Gasteiger partial charge on any atom is -0.396 e. The number of amides is 2. The monoisotopic (exact) mass is 672 g/mol. The first-order valence-electron chi connectivity index (χ1n) is 7.17. The number of carbonyl (C=O) groups excluding carboxylic acids is 2. The van der Waals surface area contributed by atoms with Gasteiger partial charge in [0.05, 0.1) is 14.8 Å². The van der Waals surface area contributed by atoms with E-state index in [1.165, 1.54) is 6.92 Å². The Morgan fingerprint density at radius 2 is 1.79 bits per heavy atom. The highest BCUT2D eigenvalue weighted by atomic mass is 127. The van der Waals surface area contributed by atoms with Gasteiger partial charge < -0.3 is 20.4 Å². The Bertz CT molecular complexity index is 621. The lowest BCUT2D eigenvalue weighted by molar-refractivity contribution is -0.116. The van der Waals surface area contributed by atoms with Crippen LogP contribution in [-0.4, -0.2) is 48.8 Å². The summed E-state index contributed by atoms with van der Waals surface area (Å²) in [6.07, 6.45) is 0.472. The van der Waals surface area contributed by atoms with Crippen LogP contribution in [0.3, 0.4) is 0 Å². The maximum absolute atomic E-state index is 12.2. The number of aliphatic hydroxyl groups excluding tert-OH is 2. The standard InChI is InChI=1S/C15H19I3N2O4/c1-8(23)20(4-3-9(6-21)7-22)14-11(17)5-10(16)12(13(14)18)15(24)19-2/h5,9,21-22H,3-4,6-7H2,1-2H3,(H,19,24). The van der Waals surface area contributed by atoms with Crippen molar-refractivity contribution in [2.75, 3.05) is 31.7 Å². The Balaban J connectivity index is 3.33. The molecule has 0 aliphatic heterocycles. The van der Waals surface area contributed by atoms with Crippen LogP contribution in [0.2, 0.25) is 0 Å². The van der Waals surface area contributed by atoms with E-state index in [0.29, 0.717) is 27.8 Å². The first-order chi connectivity index (χ1) is 11.3. The van der Waals surface area contributed by atoms with Gasteiger partial charge in [-0.3, -0.25) is 9.59 Å². The SMILES string of the molecule is CNC(=O)c1c(I)cc(I)c(N(CCC(CO)CO)C(C)=O)c1I. The smallest absolute Gasteiger partial charge is 0.253 e. The molecule has 6 nitrogen and oxygen atoms in total. The molecule has 0 unspecified atom stereocenters. The summed E-state index contributed by atoms with van der Waals surface area (Å²) >= 11 is 6.36. The second-order valence-corrected chi connectivity index (χ2v) is 8.55. The number of halogens is 3. The molecule has 3 N–H and O–H groups in total. The van der Waals surface area contributed by atoms with Crippen molar-refractivity contribution >= 4 is 85.3 Å². The van der Waals surface area contributed by atoms with Crippen LogP contribution in [0.15, 0.2) is 6.07 Å². The Kier molecular flexibility index (Phi) is 9.69. The minimum absolute atomic E-state index is 0.132. The predicted octanol–water partition coefficient (Wildman–Crippen LogP) is 2.20. The van der Waals surface area contributed by atoms with Gasteiger partial charge in [-0.25, -0.2) is 0 Å². The highest BCUT2D eigenvalue weighted by Gasteiger charge is 2.25. The second kappa shape index (κ2) is 10.4. The average Bonchev–Trinajstić information content (AvgIpc) is 2.52. The van der Waals surface area contributed by atoms with Crippen LogP contribution in [0.4, 0.5) is 5.69 Å². The molecule has 0 saturated heterocycles. The van der Waals surface area contributed by atoms with Crippen molar-refractivity contribution in [2.24, 2.45) is 5.92 Å². The Morgan fingerprint density at radius 3 is 2.25 bits per heavy atom. The molecule has 1 aromatic rings. The van der Waals surface area contributed by atoms with E-state index in [9.17, 15) is 19.8 Å². The summed E-state index contributed by atoms with van der Waals surface area (Å²) in [7, 11) is 1.57. The first kappa shape index (κ1) is 22.3. The second-order valence-electron chi connectivity index (χ2n) is 5.15. The average molecular weight is 672 g/mol. The van der Waals surface area contributed by atoms with Gasteiger partial charge in [-0.2, -0.15) is 0 Å². The van der Waals surface area contributed by atoms with Crippen LogP contribution in [-0.2, 0) is 4.79 Å². The largest absolute Gasteiger partial charge is 0.396 e. The summed E-state index contributed by atoms with van der Waals surface area (Å²) < 4.78 is 2.40. The van der Waals surface area contributed by atoms with Gasteiger partial charge in [0.25, 0.3) is 5.91 Å². The van der Waals surface area contributed by atoms with Crippen LogP contribution in [0.5, 0.6) is 0 Å². The van der Waals surface area contributed by atoms with E-state index in [4.69, 9.17) is 0 Å². The van der Waals surface area contributed by atoms with Crippen molar-refractivity contribution in [1.82, 2.24) is 5.32 Å². The number of nitrogens with one attached hydrogen (secondary N) is 1. The maximum atomic E-state index is 12.2. The van der Waals surface area contributed by atoms with Gasteiger partial charge in [-0.1, -0.05) is 0 Å². The molecule has 0 aliphatic rings. The van der Waals surface area contributed by atoms with E-state index in [2.05, 4.69) is 73.1 Å². The van der Waals surface area contributed by atoms with Crippen LogP contribution >= 0.6 is 67.8 Å². The van der Waals surface area contributed by atoms with Crippen molar-refractivity contribution in [3.8, 4) is 0 Å². The fourth-order valence-corrected chi connectivity index (χ4v) is 6.58. The lowest BCUT2D eigenvalue weighted by Gasteiger charge is -2.26. The normalized spacial score (nSPS) is 10.8. The summed E-state index contributed by atoms with van der Waals surface area (Å²) in [5.41, 5.74) is 1.23. The van der Waals surface area contributed by atoms with Gasteiger partial charge in [0, 0.05) is 46.8 Å². The summed E-state index contributed by atoms with van der Waals surface area (Å²) in [4.78, 5) is 25.9. The number of carbonyl (C=O) groups is 2. The molecule has 0 radical (unpaired) electrons. The molecule has 1 rings (SSSR count). The third kappa shape index (κ3) is 5.38. The van der Waals surface area contributed by atoms with E-state index in [1.54, 1.807) is 11.9 Å². The van der Waals surface area contributed by atoms with Gasteiger partial charge in [-0.15, -0.1) is 0 Å². The molecule has 9 heteroatoms. The number of hydrogen-bond acceptors (Lipinski definition) is 4. The fourth-order valence-electron chi connectivity index (χ4n) is 2.14. The molecule has 0 fully saturated rings. The van der Waals surface area contributed by atoms with E-state index < -0.39 is 0 Å². The molecular weight excluding hydrogens is 653 g/mol. The van der Waals surface area contributed by atoms with E-state index in [1.807, 2.05) is 6.07 Å². The van der Waals surface area contributed by atoms with Crippen LogP contribution in [0.25, 0.3) is 0 Å². The van der Waals surface area contributed by atoms with Gasteiger partial charge >= 0.3 is 0 Å². The van der Waals surface area contributed by atoms with Crippen LogP contribution in [0.1, 0.15) is 23.7 Å². The van der Waals surface area contributed by atoms with Crippen molar-refractivity contribution in [2.45, 2.75) is 13.3 Å². The van der Waals surface area contributed by atoms with E-state index in [0.717, 1.165) is 7.14 Å². The third-order valence-corrected chi connectivity index (χ3v) is 6.25. The molecular formula is C15H19I3N2O4. The Hall–Kier alpha value is 0.270. The van der Waals surface area contributed by atoms with Gasteiger partial charge in [0.15, 0.2) is 0 Å². The van der Waals surface area contributed by atoms with Crippen molar-refractivity contribution in [3.05, 3.63) is 22.3 Å². The van der Waals surface area contributed by atoms with Crippen LogP contribution in [0, 0.1) is 16.6 Å². The highest BCUT2D eigenvalue weighted by molar-refractivity contribution is 14.1. The summed E-state index contributed by atoms with van der Waals surface area (Å²) in [5, 5.41) is 21.1. The van der Waals surface area contributed by atoms with E-state index >= 15 is 0 Å². The van der Waals surface area contributed by atoms with Gasteiger partial charge in [0.2, 0.25) is 5.91 Å². The molecule has 0 aromatic heterocycles. The number of rotatable bonds is 7. The Morgan fingerprint density at radius 1 is 1.21 bits per heavy atom. The van der Waals surface area contributed by atoms with E-state index in [-0.39, 0.29) is 30.9 Å². The molecule has 0 aliphatic carbocycles. The molecule has 0 bridgehead atoms. The number of benzene rings is 1. The molecule has 134 valence electrons. The number of hydrogen-bond donors (Lipinski definition) is 3. The van der Waals surface area contributed by atoms with Crippen molar-refractivity contribution in [1.29, 1.82) is 0 Å². The van der Waals surface area contributed by atoms with Gasteiger partial charge in [0.1, 0.15) is 0 Å². The number of nitrogens with zero attached hydrogens (tertiary/aromatic N) is 1. The molecule has 2 amide bonds. The van der Waals surface area contributed by atoms with Crippen molar-refractivity contribution in [3.63, 3.8) is 0 Å². The third-order valence-electron chi connectivity index (χ3n) is 3.53. The minimum atomic E-state index is -0.274. The lowest BCUT2D eigenvalue weighted by atomic mass is 10.1.